The van der Waals surface area contributed by atoms with Crippen molar-refractivity contribution in [3.05, 3.63) is 16.4 Å². The minimum Gasteiger partial charge on any atom is -0.372 e. The molecule has 1 aromatic rings. The van der Waals surface area contributed by atoms with Crippen LogP contribution in [0.5, 0.6) is 0 Å². The van der Waals surface area contributed by atoms with Crippen LogP contribution in [0.2, 0.25) is 5.02 Å². The van der Waals surface area contributed by atoms with Crippen LogP contribution < -0.4 is 5.73 Å². The Morgan fingerprint density at radius 1 is 1.56 bits per heavy atom. The number of ether oxygens (including phenoxy) is 1. The lowest BCUT2D eigenvalue weighted by Crippen LogP contribution is -2.17. The average molecular weight is 244 g/mol. The van der Waals surface area contributed by atoms with Gasteiger partial charge in [-0.15, -0.1) is 0 Å². The molecule has 0 radical (unpaired) electrons. The van der Waals surface area contributed by atoms with Crippen LogP contribution in [-0.4, -0.2) is 21.9 Å². The maximum Gasteiger partial charge on any atom is 0.0903 e. The molecular weight excluding hydrogens is 226 g/mol. The number of halogens is 1. The third-order valence-electron chi connectivity index (χ3n) is 3.14. The molecule has 0 aromatic carbocycles. The van der Waals surface area contributed by atoms with Gasteiger partial charge in [0.15, 0.2) is 0 Å². The molecule has 90 valence electrons. The minimum atomic E-state index is 0.279. The largest absolute Gasteiger partial charge is 0.372 e. The van der Waals surface area contributed by atoms with Crippen LogP contribution in [-0.2, 0) is 18.4 Å². The molecule has 16 heavy (non-hydrogen) atoms. The maximum atomic E-state index is 6.14. The van der Waals surface area contributed by atoms with E-state index in [1.54, 1.807) is 4.68 Å². The normalized spacial score (nSPS) is 25.2. The Hall–Kier alpha value is -0.580. The highest BCUT2D eigenvalue weighted by molar-refractivity contribution is 6.31. The number of hydrogen-bond donors (Lipinski definition) is 1. The van der Waals surface area contributed by atoms with E-state index in [9.17, 15) is 0 Å². The van der Waals surface area contributed by atoms with Gasteiger partial charge in [0, 0.05) is 13.1 Å². The van der Waals surface area contributed by atoms with E-state index in [0.717, 1.165) is 30.7 Å². The molecule has 2 N–H and O–H groups in total. The minimum absolute atomic E-state index is 0.279. The first kappa shape index (κ1) is 11.9. The monoisotopic (exact) mass is 243 g/mol. The highest BCUT2D eigenvalue weighted by Crippen LogP contribution is 2.24. The first-order chi connectivity index (χ1) is 7.58. The second-order valence-electron chi connectivity index (χ2n) is 4.48. The molecule has 4 nitrogen and oxygen atoms in total. The molecule has 1 heterocycles. The molecule has 2 unspecified atom stereocenters. The molecule has 1 aliphatic rings. The van der Waals surface area contributed by atoms with Crippen molar-refractivity contribution in [2.75, 3.05) is 0 Å². The van der Waals surface area contributed by atoms with E-state index >= 15 is 0 Å². The molecule has 0 amide bonds. The number of aryl methyl sites for hydroxylation is 2. The molecule has 0 aliphatic heterocycles. The number of rotatable bonds is 3. The van der Waals surface area contributed by atoms with Gasteiger partial charge in [-0.1, -0.05) is 11.6 Å². The van der Waals surface area contributed by atoms with E-state index in [1.807, 2.05) is 14.0 Å². The summed E-state index contributed by atoms with van der Waals surface area (Å²) in [7, 11) is 1.89. The molecular formula is C11H18ClN3O. The lowest BCUT2D eigenvalue weighted by Gasteiger charge is -2.11. The Morgan fingerprint density at radius 2 is 2.31 bits per heavy atom. The van der Waals surface area contributed by atoms with Crippen molar-refractivity contribution in [1.29, 1.82) is 0 Å². The summed E-state index contributed by atoms with van der Waals surface area (Å²) in [5, 5.41) is 4.96. The van der Waals surface area contributed by atoms with Crippen LogP contribution in [0.4, 0.5) is 0 Å². The van der Waals surface area contributed by atoms with Crippen molar-refractivity contribution < 1.29 is 4.74 Å². The van der Waals surface area contributed by atoms with Crippen molar-refractivity contribution >= 4 is 11.6 Å². The molecule has 0 bridgehead atoms. The van der Waals surface area contributed by atoms with Gasteiger partial charge in [-0.25, -0.2) is 0 Å². The Labute approximate surface area is 101 Å². The molecule has 5 heteroatoms. The zero-order valence-electron chi connectivity index (χ0n) is 9.74. The number of hydrogen-bond acceptors (Lipinski definition) is 3. The van der Waals surface area contributed by atoms with Gasteiger partial charge in [-0.05, 0) is 26.2 Å². The summed E-state index contributed by atoms with van der Waals surface area (Å²) in [5.41, 5.74) is 7.63. The Kier molecular flexibility index (Phi) is 3.52. The first-order valence-corrected chi connectivity index (χ1v) is 6.01. The lowest BCUT2D eigenvalue weighted by atomic mass is 10.3. The fraction of sp³-hybridized carbons (Fsp3) is 0.727. The Balaban J connectivity index is 1.94. The van der Waals surface area contributed by atoms with Gasteiger partial charge in [-0.2, -0.15) is 5.10 Å². The van der Waals surface area contributed by atoms with E-state index in [2.05, 4.69) is 5.10 Å². The fourth-order valence-corrected chi connectivity index (χ4v) is 2.37. The first-order valence-electron chi connectivity index (χ1n) is 5.63. The quantitative estimate of drug-likeness (QED) is 0.881. The Bertz CT molecular complexity index is 378. The summed E-state index contributed by atoms with van der Waals surface area (Å²) >= 11 is 6.14. The topological polar surface area (TPSA) is 53.1 Å². The van der Waals surface area contributed by atoms with Crippen molar-refractivity contribution in [2.45, 2.75) is 44.9 Å². The van der Waals surface area contributed by atoms with Crippen molar-refractivity contribution in [3.63, 3.8) is 0 Å². The molecule has 2 atom stereocenters. The van der Waals surface area contributed by atoms with Crippen LogP contribution in [0.15, 0.2) is 0 Å². The zero-order valence-corrected chi connectivity index (χ0v) is 10.5. The summed E-state index contributed by atoms with van der Waals surface area (Å²) in [5.74, 6) is 0. The smallest absolute Gasteiger partial charge is 0.0903 e. The number of aromatic nitrogens is 2. The summed E-state index contributed by atoms with van der Waals surface area (Å²) in [6.45, 7) is 2.42. The second-order valence-corrected chi connectivity index (χ2v) is 4.85. The average Bonchev–Trinajstić information content (AvgIpc) is 2.72. The summed E-state index contributed by atoms with van der Waals surface area (Å²) in [6, 6.07) is 0.300. The molecule has 1 aliphatic carbocycles. The molecule has 1 fully saturated rings. The van der Waals surface area contributed by atoms with Crippen molar-refractivity contribution in [3.8, 4) is 0 Å². The zero-order chi connectivity index (χ0) is 11.7. The summed E-state index contributed by atoms with van der Waals surface area (Å²) < 4.78 is 7.59. The number of nitrogens with zero attached hydrogens (tertiary/aromatic N) is 2. The third-order valence-corrected chi connectivity index (χ3v) is 3.63. The molecule has 0 saturated heterocycles. The van der Waals surface area contributed by atoms with Gasteiger partial charge in [0.05, 0.1) is 29.1 Å². The van der Waals surface area contributed by atoms with E-state index in [4.69, 9.17) is 22.1 Å². The van der Waals surface area contributed by atoms with E-state index in [0.29, 0.717) is 17.7 Å². The van der Waals surface area contributed by atoms with E-state index in [1.165, 1.54) is 0 Å². The predicted molar refractivity (Wildman–Crippen MR) is 63.4 cm³/mol. The highest BCUT2D eigenvalue weighted by atomic mass is 35.5. The standard InChI is InChI=1S/C11H18ClN3O/c1-7-11(12)10(15(2)14-7)6-16-9-4-3-8(13)5-9/h8-9H,3-6,13H2,1-2H3. The number of nitrogens with two attached hydrogens (primary N) is 1. The SMILES string of the molecule is Cc1nn(C)c(COC2CCC(N)C2)c1Cl. The van der Waals surface area contributed by atoms with Crippen LogP contribution >= 0.6 is 11.6 Å². The van der Waals surface area contributed by atoms with Gasteiger partial charge in [-0.3, -0.25) is 4.68 Å². The van der Waals surface area contributed by atoms with Gasteiger partial charge >= 0.3 is 0 Å². The Morgan fingerprint density at radius 3 is 2.81 bits per heavy atom. The lowest BCUT2D eigenvalue weighted by molar-refractivity contribution is 0.0413. The fourth-order valence-electron chi connectivity index (χ4n) is 2.16. The molecule has 1 aromatic heterocycles. The van der Waals surface area contributed by atoms with Crippen LogP contribution in [0.3, 0.4) is 0 Å². The second kappa shape index (κ2) is 4.73. The van der Waals surface area contributed by atoms with Crippen molar-refractivity contribution in [1.82, 2.24) is 9.78 Å². The summed E-state index contributed by atoms with van der Waals surface area (Å²) in [4.78, 5) is 0. The molecule has 1 saturated carbocycles. The van der Waals surface area contributed by atoms with Gasteiger partial charge < -0.3 is 10.5 Å². The van der Waals surface area contributed by atoms with Crippen molar-refractivity contribution in [2.24, 2.45) is 12.8 Å². The highest BCUT2D eigenvalue weighted by Gasteiger charge is 2.23. The van der Waals surface area contributed by atoms with Crippen LogP contribution in [0.1, 0.15) is 30.7 Å². The van der Waals surface area contributed by atoms with E-state index in [-0.39, 0.29) is 6.10 Å². The molecule has 0 spiro atoms. The van der Waals surface area contributed by atoms with Gasteiger partial charge in [0.2, 0.25) is 0 Å². The summed E-state index contributed by atoms with van der Waals surface area (Å²) in [6.07, 6.45) is 3.34. The maximum absolute atomic E-state index is 6.14. The van der Waals surface area contributed by atoms with Crippen LogP contribution in [0.25, 0.3) is 0 Å². The van der Waals surface area contributed by atoms with E-state index < -0.39 is 0 Å². The molecule has 2 rings (SSSR count). The van der Waals surface area contributed by atoms with Crippen LogP contribution in [0, 0.1) is 6.92 Å². The third kappa shape index (κ3) is 2.39. The van der Waals surface area contributed by atoms with Gasteiger partial charge in [0.25, 0.3) is 0 Å². The van der Waals surface area contributed by atoms with Gasteiger partial charge in [0.1, 0.15) is 0 Å². The predicted octanol–water partition coefficient (Wildman–Crippen LogP) is 1.78.